The van der Waals surface area contributed by atoms with E-state index in [9.17, 15) is 14.7 Å². The van der Waals surface area contributed by atoms with Gasteiger partial charge in [-0.1, -0.05) is 43.4 Å². The van der Waals surface area contributed by atoms with Crippen LogP contribution in [0.4, 0.5) is 0 Å². The van der Waals surface area contributed by atoms with E-state index in [4.69, 9.17) is 4.74 Å². The second kappa shape index (κ2) is 9.68. The molecule has 0 spiro atoms. The zero-order valence-corrected chi connectivity index (χ0v) is 12.9. The minimum Gasteiger partial charge on any atom is -0.462 e. The van der Waals surface area contributed by atoms with Gasteiger partial charge in [-0.15, -0.1) is 0 Å². The Morgan fingerprint density at radius 2 is 1.91 bits per heavy atom. The highest BCUT2D eigenvalue weighted by molar-refractivity contribution is 5.92. The number of aliphatic hydroxyl groups excluding tert-OH is 1. The fourth-order valence-electron chi connectivity index (χ4n) is 1.78. The van der Waals surface area contributed by atoms with E-state index in [1.165, 1.54) is 6.08 Å². The van der Waals surface area contributed by atoms with Crippen molar-refractivity contribution < 1.29 is 19.4 Å². The molecule has 22 heavy (non-hydrogen) atoms. The Hall–Kier alpha value is -2.20. The van der Waals surface area contributed by atoms with E-state index in [0.717, 1.165) is 0 Å². The Kier molecular flexibility index (Phi) is 7.86. The number of esters is 1. The maximum Gasteiger partial charge on any atom is 0.338 e. The molecule has 4 nitrogen and oxygen atoms in total. The van der Waals surface area contributed by atoms with Crippen LogP contribution in [0.25, 0.3) is 0 Å². The summed E-state index contributed by atoms with van der Waals surface area (Å²) in [6.07, 6.45) is 6.02. The van der Waals surface area contributed by atoms with E-state index in [2.05, 4.69) is 0 Å². The molecule has 2 unspecified atom stereocenters. The van der Waals surface area contributed by atoms with Gasteiger partial charge in [0, 0.05) is 12.3 Å². The first kappa shape index (κ1) is 17.9. The number of aliphatic hydroxyl groups is 1. The molecule has 0 amide bonds. The summed E-state index contributed by atoms with van der Waals surface area (Å²) in [5, 5.41) is 9.96. The third-order valence-electron chi connectivity index (χ3n) is 3.25. The Balaban J connectivity index is 2.37. The molecule has 1 aromatic rings. The predicted octanol–water partition coefficient (Wildman–Crippen LogP) is 2.93. The van der Waals surface area contributed by atoms with Crippen molar-refractivity contribution in [2.24, 2.45) is 5.92 Å². The summed E-state index contributed by atoms with van der Waals surface area (Å²) in [6, 6.07) is 8.65. The largest absolute Gasteiger partial charge is 0.462 e. The standard InChI is InChI=1S/C18H22O4/c1-3-4-6-11-16(19)14(2)17(20)12-13-22-18(21)15-9-7-5-8-10-15/h3-11,14,17,20H,12-13H2,1-2H3. The minimum absolute atomic E-state index is 0.0745. The molecule has 2 atom stereocenters. The van der Waals surface area contributed by atoms with Crippen molar-refractivity contribution in [3.05, 3.63) is 60.2 Å². The van der Waals surface area contributed by atoms with Crippen LogP contribution in [0, 0.1) is 5.92 Å². The molecule has 0 heterocycles. The second-order valence-corrected chi connectivity index (χ2v) is 4.93. The van der Waals surface area contributed by atoms with Crippen LogP contribution in [0.1, 0.15) is 30.6 Å². The van der Waals surface area contributed by atoms with E-state index in [0.29, 0.717) is 5.56 Å². The van der Waals surface area contributed by atoms with Gasteiger partial charge in [-0.3, -0.25) is 4.79 Å². The molecule has 1 rings (SSSR count). The van der Waals surface area contributed by atoms with E-state index in [-0.39, 0.29) is 18.8 Å². The zero-order valence-electron chi connectivity index (χ0n) is 12.9. The lowest BCUT2D eigenvalue weighted by Gasteiger charge is -2.16. The SMILES string of the molecule is CC=CC=CC(=O)C(C)C(O)CCOC(=O)c1ccccc1. The van der Waals surface area contributed by atoms with E-state index in [1.807, 2.05) is 19.1 Å². The van der Waals surface area contributed by atoms with Gasteiger partial charge >= 0.3 is 5.97 Å². The molecule has 1 N–H and O–H groups in total. The van der Waals surface area contributed by atoms with E-state index in [1.54, 1.807) is 43.3 Å². The van der Waals surface area contributed by atoms with Crippen molar-refractivity contribution in [3.8, 4) is 0 Å². The second-order valence-electron chi connectivity index (χ2n) is 4.93. The molecule has 0 aromatic heterocycles. The maximum atomic E-state index is 11.8. The number of benzene rings is 1. The number of hydrogen-bond acceptors (Lipinski definition) is 4. The van der Waals surface area contributed by atoms with Gasteiger partial charge in [0.05, 0.1) is 18.3 Å². The molecule has 118 valence electrons. The highest BCUT2D eigenvalue weighted by atomic mass is 16.5. The smallest absolute Gasteiger partial charge is 0.338 e. The topological polar surface area (TPSA) is 63.6 Å². The quantitative estimate of drug-likeness (QED) is 0.455. The van der Waals surface area contributed by atoms with Crippen LogP contribution in [0.3, 0.4) is 0 Å². The van der Waals surface area contributed by atoms with Crippen molar-refractivity contribution in [1.29, 1.82) is 0 Å². The predicted molar refractivity (Wildman–Crippen MR) is 85.5 cm³/mol. The van der Waals surface area contributed by atoms with Crippen molar-refractivity contribution in [3.63, 3.8) is 0 Å². The Bertz CT molecular complexity index is 531. The summed E-state index contributed by atoms with van der Waals surface area (Å²) in [5.41, 5.74) is 0.468. The summed E-state index contributed by atoms with van der Waals surface area (Å²) in [5.74, 6) is -1.11. The van der Waals surface area contributed by atoms with Gasteiger partial charge in [-0.05, 0) is 25.1 Å². The molecular weight excluding hydrogens is 280 g/mol. The molecular formula is C18H22O4. The Morgan fingerprint density at radius 1 is 1.23 bits per heavy atom. The average molecular weight is 302 g/mol. The van der Waals surface area contributed by atoms with Crippen LogP contribution in [-0.2, 0) is 9.53 Å². The number of ketones is 1. The normalized spacial score (nSPS) is 14.1. The number of allylic oxidation sites excluding steroid dienone is 4. The van der Waals surface area contributed by atoms with Crippen LogP contribution in [0.15, 0.2) is 54.6 Å². The Morgan fingerprint density at radius 3 is 2.55 bits per heavy atom. The molecule has 0 saturated heterocycles. The van der Waals surface area contributed by atoms with Crippen molar-refractivity contribution >= 4 is 11.8 Å². The van der Waals surface area contributed by atoms with Crippen LogP contribution >= 0.6 is 0 Å². The number of carbonyl (C=O) groups excluding carboxylic acids is 2. The van der Waals surface area contributed by atoms with Crippen LogP contribution in [-0.4, -0.2) is 29.6 Å². The summed E-state index contributed by atoms with van der Waals surface area (Å²) in [7, 11) is 0. The summed E-state index contributed by atoms with van der Waals surface area (Å²) in [4.78, 5) is 23.5. The fourth-order valence-corrected chi connectivity index (χ4v) is 1.78. The third kappa shape index (κ3) is 6.06. The third-order valence-corrected chi connectivity index (χ3v) is 3.25. The molecule has 0 saturated carbocycles. The Labute approximate surface area is 131 Å². The molecule has 0 fully saturated rings. The minimum atomic E-state index is -0.841. The van der Waals surface area contributed by atoms with Crippen LogP contribution in [0.2, 0.25) is 0 Å². The number of ether oxygens (including phenoxy) is 1. The van der Waals surface area contributed by atoms with Crippen molar-refractivity contribution in [2.45, 2.75) is 26.4 Å². The maximum absolute atomic E-state index is 11.8. The highest BCUT2D eigenvalue weighted by Gasteiger charge is 2.20. The number of hydrogen-bond donors (Lipinski definition) is 1. The van der Waals surface area contributed by atoms with Gasteiger partial charge in [0.2, 0.25) is 0 Å². The first-order valence-corrected chi connectivity index (χ1v) is 7.29. The molecule has 0 aliphatic carbocycles. The van der Waals surface area contributed by atoms with Gasteiger partial charge in [0.1, 0.15) is 0 Å². The van der Waals surface area contributed by atoms with Gasteiger partial charge < -0.3 is 9.84 Å². The van der Waals surface area contributed by atoms with Crippen LogP contribution in [0.5, 0.6) is 0 Å². The number of rotatable bonds is 8. The first-order chi connectivity index (χ1) is 10.6. The highest BCUT2D eigenvalue weighted by Crippen LogP contribution is 2.10. The molecule has 0 aliphatic heterocycles. The fraction of sp³-hybridized carbons (Fsp3) is 0.333. The van der Waals surface area contributed by atoms with E-state index >= 15 is 0 Å². The van der Waals surface area contributed by atoms with Gasteiger partial charge in [0.15, 0.2) is 5.78 Å². The summed E-state index contributed by atoms with van der Waals surface area (Å²) in [6.45, 7) is 3.59. The monoisotopic (exact) mass is 302 g/mol. The van der Waals surface area contributed by atoms with Crippen LogP contribution < -0.4 is 0 Å². The van der Waals surface area contributed by atoms with Crippen molar-refractivity contribution in [1.82, 2.24) is 0 Å². The molecule has 0 aliphatic rings. The first-order valence-electron chi connectivity index (χ1n) is 7.29. The number of carbonyl (C=O) groups is 2. The van der Waals surface area contributed by atoms with Crippen molar-refractivity contribution in [2.75, 3.05) is 6.61 Å². The molecule has 0 bridgehead atoms. The molecule has 1 aromatic carbocycles. The van der Waals surface area contributed by atoms with Gasteiger partial charge in [-0.25, -0.2) is 4.79 Å². The molecule has 0 radical (unpaired) electrons. The molecule has 4 heteroatoms. The van der Waals surface area contributed by atoms with Gasteiger partial charge in [0.25, 0.3) is 0 Å². The summed E-state index contributed by atoms with van der Waals surface area (Å²) < 4.78 is 5.09. The lowest BCUT2D eigenvalue weighted by molar-refractivity contribution is -0.121. The van der Waals surface area contributed by atoms with Gasteiger partial charge in [-0.2, -0.15) is 0 Å². The lowest BCUT2D eigenvalue weighted by atomic mass is 9.97. The summed E-state index contributed by atoms with van der Waals surface area (Å²) >= 11 is 0. The van der Waals surface area contributed by atoms with E-state index < -0.39 is 18.0 Å². The zero-order chi connectivity index (χ0) is 16.4. The average Bonchev–Trinajstić information content (AvgIpc) is 2.54. The lowest BCUT2D eigenvalue weighted by Crippen LogP contribution is -2.26.